The zero-order valence-electron chi connectivity index (χ0n) is 7.48. The van der Waals surface area contributed by atoms with E-state index in [9.17, 15) is 0 Å². The van der Waals surface area contributed by atoms with Crippen molar-refractivity contribution in [1.29, 1.82) is 0 Å². The Balaban J connectivity index is 2.75. The zero-order chi connectivity index (χ0) is 10.1. The molecule has 0 amide bonds. The molecule has 0 aliphatic heterocycles. The maximum atomic E-state index is 6.21. The van der Waals surface area contributed by atoms with Gasteiger partial charge in [-0.25, -0.2) is 0 Å². The molecule has 72 valence electrons. The summed E-state index contributed by atoms with van der Waals surface area (Å²) in [6, 6.07) is 3.96. The molecule has 0 saturated carbocycles. The van der Waals surface area contributed by atoms with E-state index in [1.54, 1.807) is 0 Å². The number of aromatic nitrogens is 1. The average molecular weight is 271 g/mol. The highest BCUT2D eigenvalue weighted by Gasteiger charge is 2.08. The van der Waals surface area contributed by atoms with Gasteiger partial charge in [0.1, 0.15) is 0 Å². The summed E-state index contributed by atoms with van der Waals surface area (Å²) in [6.07, 6.45) is 4.68. The fourth-order valence-corrected chi connectivity index (χ4v) is 2.15. The highest BCUT2D eigenvalue weighted by atomic mass is 79.9. The Bertz CT molecular complexity index is 487. The maximum absolute atomic E-state index is 6.21. The molecule has 14 heavy (non-hydrogen) atoms. The lowest BCUT2D eigenvalue weighted by atomic mass is 10.1. The second-order valence-electron chi connectivity index (χ2n) is 3.09. The molecule has 0 fully saturated rings. The van der Waals surface area contributed by atoms with Crippen LogP contribution in [0.2, 0.25) is 5.02 Å². The first-order valence-corrected chi connectivity index (χ1v) is 5.46. The number of hydrogen-bond donors (Lipinski definition) is 1. The number of halogens is 2. The first kappa shape index (κ1) is 9.81. The number of rotatable bonds is 2. The highest BCUT2D eigenvalue weighted by molar-refractivity contribution is 9.10. The van der Waals surface area contributed by atoms with E-state index in [1.165, 1.54) is 5.56 Å². The lowest BCUT2D eigenvalue weighted by molar-refractivity contribution is 1.29. The van der Waals surface area contributed by atoms with E-state index in [4.69, 9.17) is 11.6 Å². The molecule has 0 radical (unpaired) electrons. The van der Waals surface area contributed by atoms with E-state index < -0.39 is 0 Å². The third-order valence-electron chi connectivity index (χ3n) is 2.18. The van der Waals surface area contributed by atoms with Gasteiger partial charge in [-0.15, -0.1) is 6.58 Å². The van der Waals surface area contributed by atoms with E-state index in [2.05, 4.69) is 27.5 Å². The van der Waals surface area contributed by atoms with Crippen LogP contribution < -0.4 is 0 Å². The summed E-state index contributed by atoms with van der Waals surface area (Å²) in [7, 11) is 0. The third-order valence-corrected chi connectivity index (χ3v) is 3.46. The number of H-pyrrole nitrogens is 1. The Kier molecular flexibility index (Phi) is 2.66. The lowest BCUT2D eigenvalue weighted by Crippen LogP contribution is -1.79. The van der Waals surface area contributed by atoms with Gasteiger partial charge in [-0.3, -0.25) is 0 Å². The van der Waals surface area contributed by atoms with Crippen LogP contribution in [-0.2, 0) is 6.42 Å². The monoisotopic (exact) mass is 269 g/mol. The summed E-state index contributed by atoms with van der Waals surface area (Å²) in [4.78, 5) is 3.19. The summed E-state index contributed by atoms with van der Waals surface area (Å²) in [6.45, 7) is 3.73. The molecular formula is C11H9BrClN. The second kappa shape index (κ2) is 3.79. The summed E-state index contributed by atoms with van der Waals surface area (Å²) >= 11 is 9.62. The molecule has 1 aromatic carbocycles. The Hall–Kier alpha value is -0.730. The van der Waals surface area contributed by atoms with Gasteiger partial charge in [0, 0.05) is 21.6 Å². The van der Waals surface area contributed by atoms with E-state index in [-0.39, 0.29) is 0 Å². The van der Waals surface area contributed by atoms with Gasteiger partial charge in [-0.05, 0) is 40.0 Å². The molecule has 0 spiro atoms. The largest absolute Gasteiger partial charge is 0.361 e. The summed E-state index contributed by atoms with van der Waals surface area (Å²) in [5.74, 6) is 0. The van der Waals surface area contributed by atoms with Gasteiger partial charge in [-0.2, -0.15) is 0 Å². The van der Waals surface area contributed by atoms with Gasteiger partial charge in [0.2, 0.25) is 0 Å². The van der Waals surface area contributed by atoms with Crippen molar-refractivity contribution >= 4 is 38.4 Å². The Labute approximate surface area is 95.9 Å². The molecule has 2 aromatic rings. The standard InChI is InChI=1S/C11H9BrClN/c1-2-3-7-6-14-9-5-4-8(12)11(13)10(7)9/h2,4-6,14H,1,3H2. The second-order valence-corrected chi connectivity index (χ2v) is 4.32. The lowest BCUT2D eigenvalue weighted by Gasteiger charge is -2.00. The molecule has 1 heterocycles. The predicted octanol–water partition coefficient (Wildman–Crippen LogP) is 4.31. The number of hydrogen-bond acceptors (Lipinski definition) is 0. The van der Waals surface area contributed by atoms with Crippen molar-refractivity contribution in [2.75, 3.05) is 0 Å². The Morgan fingerprint density at radius 1 is 1.50 bits per heavy atom. The van der Waals surface area contributed by atoms with Crippen molar-refractivity contribution in [2.24, 2.45) is 0 Å². The van der Waals surface area contributed by atoms with Crippen LogP contribution in [0.1, 0.15) is 5.56 Å². The number of aromatic amines is 1. The minimum Gasteiger partial charge on any atom is -0.361 e. The molecule has 0 bridgehead atoms. The van der Waals surface area contributed by atoms with E-state index in [1.807, 2.05) is 24.4 Å². The van der Waals surface area contributed by atoms with E-state index in [0.29, 0.717) is 0 Å². The summed E-state index contributed by atoms with van der Waals surface area (Å²) < 4.78 is 0.927. The molecule has 2 rings (SSSR count). The van der Waals surface area contributed by atoms with Crippen molar-refractivity contribution in [3.8, 4) is 0 Å². The van der Waals surface area contributed by atoms with Crippen LogP contribution in [-0.4, -0.2) is 4.98 Å². The predicted molar refractivity (Wildman–Crippen MR) is 64.9 cm³/mol. The van der Waals surface area contributed by atoms with Crippen LogP contribution in [0.25, 0.3) is 10.9 Å². The molecule has 0 aliphatic rings. The van der Waals surface area contributed by atoms with Crippen molar-refractivity contribution < 1.29 is 0 Å². The SMILES string of the molecule is C=CCc1c[nH]c2ccc(Br)c(Cl)c12. The van der Waals surface area contributed by atoms with E-state index in [0.717, 1.165) is 26.8 Å². The molecule has 1 aromatic heterocycles. The van der Waals surface area contributed by atoms with Crippen LogP contribution in [0.4, 0.5) is 0 Å². The van der Waals surface area contributed by atoms with Crippen LogP contribution >= 0.6 is 27.5 Å². The number of benzene rings is 1. The smallest absolute Gasteiger partial charge is 0.0644 e. The number of allylic oxidation sites excluding steroid dienone is 1. The van der Waals surface area contributed by atoms with Crippen molar-refractivity contribution in [3.05, 3.63) is 46.0 Å². The van der Waals surface area contributed by atoms with Crippen molar-refractivity contribution in [2.45, 2.75) is 6.42 Å². The molecule has 0 atom stereocenters. The van der Waals surface area contributed by atoms with Gasteiger partial charge in [-0.1, -0.05) is 17.7 Å². The van der Waals surface area contributed by atoms with Gasteiger partial charge < -0.3 is 4.98 Å². The first-order chi connectivity index (χ1) is 6.74. The quantitative estimate of drug-likeness (QED) is 0.783. The van der Waals surface area contributed by atoms with Gasteiger partial charge in [0.15, 0.2) is 0 Å². The normalized spacial score (nSPS) is 10.7. The third kappa shape index (κ3) is 1.49. The Morgan fingerprint density at radius 3 is 3.00 bits per heavy atom. The number of fused-ring (bicyclic) bond motifs is 1. The molecule has 1 N–H and O–H groups in total. The van der Waals surface area contributed by atoms with Crippen LogP contribution in [0, 0.1) is 0 Å². The molecule has 0 aliphatic carbocycles. The molecule has 0 unspecified atom stereocenters. The fourth-order valence-electron chi connectivity index (χ4n) is 1.54. The summed E-state index contributed by atoms with van der Waals surface area (Å²) in [5, 5.41) is 1.85. The van der Waals surface area contributed by atoms with Crippen LogP contribution in [0.15, 0.2) is 35.5 Å². The minimum atomic E-state index is 0.764. The number of nitrogens with one attached hydrogen (secondary N) is 1. The highest BCUT2D eigenvalue weighted by Crippen LogP contribution is 2.33. The fraction of sp³-hybridized carbons (Fsp3) is 0.0909. The average Bonchev–Trinajstić information content (AvgIpc) is 2.57. The van der Waals surface area contributed by atoms with Crippen molar-refractivity contribution in [3.63, 3.8) is 0 Å². The molecule has 0 saturated heterocycles. The van der Waals surface area contributed by atoms with Gasteiger partial charge in [0.25, 0.3) is 0 Å². The molecular weight excluding hydrogens is 261 g/mol. The molecule has 1 nitrogen and oxygen atoms in total. The van der Waals surface area contributed by atoms with Gasteiger partial charge >= 0.3 is 0 Å². The molecule has 3 heteroatoms. The zero-order valence-corrected chi connectivity index (χ0v) is 9.82. The van der Waals surface area contributed by atoms with Crippen LogP contribution in [0.5, 0.6) is 0 Å². The topological polar surface area (TPSA) is 15.8 Å². The minimum absolute atomic E-state index is 0.764. The van der Waals surface area contributed by atoms with Crippen molar-refractivity contribution in [1.82, 2.24) is 4.98 Å². The maximum Gasteiger partial charge on any atom is 0.0644 e. The van der Waals surface area contributed by atoms with Gasteiger partial charge in [0.05, 0.1) is 5.02 Å². The summed E-state index contributed by atoms with van der Waals surface area (Å²) in [5.41, 5.74) is 2.25. The van der Waals surface area contributed by atoms with E-state index >= 15 is 0 Å². The van der Waals surface area contributed by atoms with Crippen LogP contribution in [0.3, 0.4) is 0 Å². The Morgan fingerprint density at radius 2 is 2.29 bits per heavy atom. The first-order valence-electron chi connectivity index (χ1n) is 4.29.